The van der Waals surface area contributed by atoms with Crippen molar-refractivity contribution < 1.29 is 27.3 Å². The predicted octanol–water partition coefficient (Wildman–Crippen LogP) is 6.79. The van der Waals surface area contributed by atoms with E-state index in [1.165, 1.54) is 41.7 Å². The Bertz CT molecular complexity index is 2080. The van der Waals surface area contributed by atoms with Crippen molar-refractivity contribution in [2.45, 2.75) is 31.3 Å². The molecule has 4 aromatic carbocycles. The van der Waals surface area contributed by atoms with Gasteiger partial charge in [0.15, 0.2) is 11.9 Å². The van der Waals surface area contributed by atoms with Crippen LogP contribution in [0, 0.1) is 6.92 Å². The number of fused-ring (bicyclic) bond motifs is 2. The lowest BCUT2D eigenvalue weighted by Gasteiger charge is -2.17. The molecule has 12 heteroatoms. The van der Waals surface area contributed by atoms with Gasteiger partial charge >= 0.3 is 5.97 Å². The molecule has 1 amide bonds. The van der Waals surface area contributed by atoms with Crippen LogP contribution in [0.25, 0.3) is 31.6 Å². The summed E-state index contributed by atoms with van der Waals surface area (Å²) in [5.41, 5.74) is 2.34. The van der Waals surface area contributed by atoms with E-state index in [0.29, 0.717) is 22.4 Å². The topological polar surface area (TPSA) is 140 Å². The van der Waals surface area contributed by atoms with Gasteiger partial charge in [-0.3, -0.25) is 9.52 Å². The molecule has 0 radical (unpaired) electrons. The Labute approximate surface area is 256 Å². The van der Waals surface area contributed by atoms with E-state index in [-0.39, 0.29) is 17.1 Å². The highest BCUT2D eigenvalue weighted by Gasteiger charge is 2.25. The van der Waals surface area contributed by atoms with Crippen molar-refractivity contribution in [3.63, 3.8) is 0 Å². The lowest BCUT2D eigenvalue weighted by atomic mass is 9.99. The van der Waals surface area contributed by atoms with E-state index in [2.05, 4.69) is 15.2 Å². The molecule has 2 aromatic heterocycles. The smallest absolute Gasteiger partial charge is 0.339 e. The number of benzene rings is 4. The first-order valence-electron chi connectivity index (χ1n) is 13.7. The molecule has 1 atom stereocenters. The van der Waals surface area contributed by atoms with Crippen LogP contribution in [0.5, 0.6) is 0 Å². The SMILES string of the molecule is CCC(OC(=O)c1cccc2cccc(-c3nc4ccccc4s3)c12)C(=O)Nc1ccc(S(=O)(=O)Nc2cc(C)on2)cc1. The first kappa shape index (κ1) is 29.0. The summed E-state index contributed by atoms with van der Waals surface area (Å²) in [6, 6.07) is 26.0. The molecule has 2 N–H and O–H groups in total. The predicted molar refractivity (Wildman–Crippen MR) is 169 cm³/mol. The maximum atomic E-state index is 13.5. The van der Waals surface area contributed by atoms with E-state index in [9.17, 15) is 18.0 Å². The molecule has 0 saturated carbocycles. The van der Waals surface area contributed by atoms with Gasteiger partial charge in [-0.2, -0.15) is 0 Å². The highest BCUT2D eigenvalue weighted by molar-refractivity contribution is 7.92. The second-order valence-electron chi connectivity index (χ2n) is 9.94. The molecule has 0 aliphatic heterocycles. The molecule has 222 valence electrons. The molecule has 0 bridgehead atoms. The third-order valence-corrected chi connectivity index (χ3v) is 9.30. The minimum Gasteiger partial charge on any atom is -0.449 e. The van der Waals surface area contributed by atoms with Gasteiger partial charge < -0.3 is 14.6 Å². The lowest BCUT2D eigenvalue weighted by molar-refractivity contribution is -0.124. The fraction of sp³-hybridized carbons (Fsp3) is 0.125. The van der Waals surface area contributed by atoms with E-state index < -0.39 is 28.0 Å². The summed E-state index contributed by atoms with van der Waals surface area (Å²) in [6.45, 7) is 3.38. The van der Waals surface area contributed by atoms with Gasteiger partial charge in [-0.15, -0.1) is 11.3 Å². The van der Waals surface area contributed by atoms with Crippen molar-refractivity contribution in [3.8, 4) is 10.6 Å². The highest BCUT2D eigenvalue weighted by Crippen LogP contribution is 2.36. The third-order valence-electron chi connectivity index (χ3n) is 6.86. The monoisotopic (exact) mass is 626 g/mol. The Morgan fingerprint density at radius 3 is 2.43 bits per heavy atom. The Kier molecular flexibility index (Phi) is 7.85. The maximum absolute atomic E-state index is 13.5. The summed E-state index contributed by atoms with van der Waals surface area (Å²) in [5.74, 6) is -0.659. The van der Waals surface area contributed by atoms with Gasteiger partial charge in [0.25, 0.3) is 15.9 Å². The molecule has 44 heavy (non-hydrogen) atoms. The zero-order valence-electron chi connectivity index (χ0n) is 23.6. The van der Waals surface area contributed by atoms with Crippen LogP contribution in [0.15, 0.2) is 100 Å². The van der Waals surface area contributed by atoms with Gasteiger partial charge in [0.2, 0.25) is 0 Å². The van der Waals surface area contributed by atoms with Crippen LogP contribution in [-0.4, -0.2) is 36.5 Å². The number of nitrogens with zero attached hydrogens (tertiary/aromatic N) is 2. The number of rotatable bonds is 9. The van der Waals surface area contributed by atoms with Crippen molar-refractivity contribution >= 4 is 65.7 Å². The number of anilines is 2. The van der Waals surface area contributed by atoms with Crippen molar-refractivity contribution in [1.29, 1.82) is 0 Å². The summed E-state index contributed by atoms with van der Waals surface area (Å²) >= 11 is 1.54. The number of carbonyl (C=O) groups excluding carboxylic acids is 2. The number of hydrogen-bond donors (Lipinski definition) is 2. The number of carbonyl (C=O) groups is 2. The summed E-state index contributed by atoms with van der Waals surface area (Å²) in [6.07, 6.45) is -0.867. The third kappa shape index (κ3) is 5.90. The second-order valence-corrected chi connectivity index (χ2v) is 12.7. The highest BCUT2D eigenvalue weighted by atomic mass is 32.2. The zero-order valence-corrected chi connectivity index (χ0v) is 25.2. The molecule has 10 nitrogen and oxygen atoms in total. The number of esters is 1. The molecule has 0 fully saturated rings. The van der Waals surface area contributed by atoms with E-state index >= 15 is 0 Å². The average molecular weight is 627 g/mol. The second kappa shape index (κ2) is 11.9. The van der Waals surface area contributed by atoms with E-state index in [4.69, 9.17) is 14.2 Å². The molecule has 1 unspecified atom stereocenters. The van der Waals surface area contributed by atoms with E-state index in [1.54, 1.807) is 26.0 Å². The lowest BCUT2D eigenvalue weighted by Crippen LogP contribution is -2.32. The van der Waals surface area contributed by atoms with Crippen LogP contribution in [0.1, 0.15) is 29.5 Å². The molecular formula is C32H26N4O6S2. The van der Waals surface area contributed by atoms with Crippen molar-refractivity contribution in [3.05, 3.63) is 102 Å². The molecule has 2 heterocycles. The number of hydrogen-bond acceptors (Lipinski definition) is 9. The van der Waals surface area contributed by atoms with Crippen LogP contribution < -0.4 is 10.0 Å². The molecule has 0 aliphatic rings. The minimum absolute atomic E-state index is 0.0329. The standard InChI is InChI=1S/C32H26N4O6S2/c1-3-26(30(37)33-21-14-16-22(17-15-21)44(39,40)36-28-18-19(2)42-35-28)41-32(38)24-11-7-9-20-8-6-10-23(29(20)24)31-34-25-12-4-5-13-27(25)43-31/h4-18,26H,3H2,1-2H3,(H,33,37)(H,35,36). The number of para-hydroxylation sites is 1. The molecule has 6 rings (SSSR count). The average Bonchev–Trinajstić information content (AvgIpc) is 3.64. The van der Waals surface area contributed by atoms with E-state index in [1.807, 2.05) is 48.5 Å². The summed E-state index contributed by atoms with van der Waals surface area (Å²) in [4.78, 5) is 31.4. The summed E-state index contributed by atoms with van der Waals surface area (Å²) in [5, 5.41) is 8.66. The fourth-order valence-electron chi connectivity index (χ4n) is 4.74. The Hall–Kier alpha value is -5.07. The van der Waals surface area contributed by atoms with Gasteiger partial charge in [-0.05, 0) is 61.2 Å². The Morgan fingerprint density at radius 1 is 0.977 bits per heavy atom. The van der Waals surface area contributed by atoms with Gasteiger partial charge in [-0.25, -0.2) is 18.2 Å². The Balaban J connectivity index is 1.20. The first-order chi connectivity index (χ1) is 21.2. The largest absolute Gasteiger partial charge is 0.449 e. The quantitative estimate of drug-likeness (QED) is 0.167. The van der Waals surface area contributed by atoms with Gasteiger partial charge in [0.1, 0.15) is 10.8 Å². The number of thiazole rings is 1. The van der Waals surface area contributed by atoms with Crippen LogP contribution >= 0.6 is 11.3 Å². The number of amides is 1. The molecule has 6 aromatic rings. The molecule has 0 saturated heterocycles. The summed E-state index contributed by atoms with van der Waals surface area (Å²) in [7, 11) is -3.92. The summed E-state index contributed by atoms with van der Waals surface area (Å²) < 4.78 is 39.3. The van der Waals surface area contributed by atoms with Crippen LogP contribution in [0.4, 0.5) is 11.5 Å². The van der Waals surface area contributed by atoms with Crippen molar-refractivity contribution in [2.75, 3.05) is 10.0 Å². The number of ether oxygens (including phenoxy) is 1. The van der Waals surface area contributed by atoms with Crippen LogP contribution in [0.3, 0.4) is 0 Å². The molecular weight excluding hydrogens is 601 g/mol. The molecule has 0 spiro atoms. The first-order valence-corrected chi connectivity index (χ1v) is 16.0. The fourth-order valence-corrected chi connectivity index (χ4v) is 6.72. The number of aromatic nitrogens is 2. The van der Waals surface area contributed by atoms with E-state index in [0.717, 1.165) is 26.2 Å². The number of nitrogens with one attached hydrogen (secondary N) is 2. The van der Waals surface area contributed by atoms with Crippen molar-refractivity contribution in [2.24, 2.45) is 0 Å². The van der Waals surface area contributed by atoms with Gasteiger partial charge in [0.05, 0.1) is 20.7 Å². The number of aryl methyl sites for hydroxylation is 1. The van der Waals surface area contributed by atoms with Crippen LogP contribution in [0.2, 0.25) is 0 Å². The van der Waals surface area contributed by atoms with Crippen molar-refractivity contribution in [1.82, 2.24) is 10.1 Å². The maximum Gasteiger partial charge on any atom is 0.339 e. The van der Waals surface area contributed by atoms with Gasteiger partial charge in [0, 0.05) is 22.7 Å². The normalized spacial score (nSPS) is 12.2. The molecule has 0 aliphatic carbocycles. The minimum atomic E-state index is -3.92. The zero-order chi connectivity index (χ0) is 30.8. The Morgan fingerprint density at radius 2 is 1.73 bits per heavy atom. The number of sulfonamides is 1. The van der Waals surface area contributed by atoms with Crippen LogP contribution in [-0.2, 0) is 19.6 Å². The van der Waals surface area contributed by atoms with Gasteiger partial charge in [-0.1, -0.05) is 54.5 Å².